The molecule has 0 atom stereocenters. The van der Waals surface area contributed by atoms with Crippen LogP contribution in [0.3, 0.4) is 0 Å². The van der Waals surface area contributed by atoms with E-state index in [0.717, 1.165) is 23.6 Å². The van der Waals surface area contributed by atoms with Gasteiger partial charge in [-0.2, -0.15) is 0 Å². The normalized spacial score (nSPS) is 24.3. The van der Waals surface area contributed by atoms with Crippen molar-refractivity contribution in [2.24, 2.45) is 4.99 Å². The molecule has 1 N–H and O–H groups in total. The van der Waals surface area contributed by atoms with E-state index in [1.165, 1.54) is 24.6 Å². The Morgan fingerprint density at radius 3 is 3.00 bits per heavy atom. The minimum Gasteiger partial charge on any atom is -0.301 e. The van der Waals surface area contributed by atoms with E-state index >= 15 is 0 Å². The van der Waals surface area contributed by atoms with Crippen LogP contribution in [0.25, 0.3) is 6.08 Å². The molecule has 19 heavy (non-hydrogen) atoms. The molecule has 2 heterocycles. The Bertz CT molecular complexity index is 533. The maximum Gasteiger partial charge on any atom is 0.264 e. The fourth-order valence-electron chi connectivity index (χ4n) is 2.30. The fraction of sp³-hybridized carbons (Fsp3) is 0.357. The molecule has 1 saturated carbocycles. The zero-order chi connectivity index (χ0) is 13.1. The quantitative estimate of drug-likeness (QED) is 0.843. The molecule has 0 aromatic carbocycles. The van der Waals surface area contributed by atoms with Crippen LogP contribution in [0, 0.1) is 0 Å². The van der Waals surface area contributed by atoms with Gasteiger partial charge < -0.3 is 5.32 Å². The molecule has 2 aliphatic rings. The lowest BCUT2D eigenvalue weighted by Gasteiger charge is -2.02. The van der Waals surface area contributed by atoms with Crippen LogP contribution in [0.5, 0.6) is 0 Å². The number of carbonyl (C=O) groups excluding carboxylic acids is 1. The molecule has 1 aromatic heterocycles. The third-order valence-electron chi connectivity index (χ3n) is 3.26. The summed E-state index contributed by atoms with van der Waals surface area (Å²) in [4.78, 5) is 21.2. The molecule has 0 radical (unpaired) electrons. The second kappa shape index (κ2) is 5.57. The van der Waals surface area contributed by atoms with Crippen LogP contribution in [0.1, 0.15) is 31.2 Å². The van der Waals surface area contributed by atoms with Crippen LogP contribution >= 0.6 is 11.8 Å². The third kappa shape index (κ3) is 3.04. The predicted octanol–water partition coefficient (Wildman–Crippen LogP) is 2.58. The summed E-state index contributed by atoms with van der Waals surface area (Å²) in [5.74, 6) is -0.0643. The summed E-state index contributed by atoms with van der Waals surface area (Å²) in [6.07, 6.45) is 10.1. The maximum absolute atomic E-state index is 11.9. The average Bonchev–Trinajstić information content (AvgIpc) is 3.02. The number of carbonyl (C=O) groups is 1. The van der Waals surface area contributed by atoms with E-state index < -0.39 is 0 Å². The van der Waals surface area contributed by atoms with Crippen molar-refractivity contribution >= 4 is 28.9 Å². The summed E-state index contributed by atoms with van der Waals surface area (Å²) in [5, 5.41) is 3.58. The van der Waals surface area contributed by atoms with Crippen molar-refractivity contribution < 1.29 is 4.79 Å². The topological polar surface area (TPSA) is 54.4 Å². The molecule has 1 aliphatic heterocycles. The first kappa shape index (κ1) is 12.4. The molecule has 0 unspecified atom stereocenters. The minimum absolute atomic E-state index is 0.0643. The van der Waals surface area contributed by atoms with Crippen molar-refractivity contribution in [2.75, 3.05) is 0 Å². The molecule has 5 heteroatoms. The van der Waals surface area contributed by atoms with E-state index in [1.54, 1.807) is 12.4 Å². The van der Waals surface area contributed by atoms with Gasteiger partial charge in [0.15, 0.2) is 5.17 Å². The highest BCUT2D eigenvalue weighted by Gasteiger charge is 2.25. The van der Waals surface area contributed by atoms with Gasteiger partial charge in [0.2, 0.25) is 0 Å². The number of thioether (sulfide) groups is 1. The van der Waals surface area contributed by atoms with Crippen LogP contribution in [0.15, 0.2) is 34.4 Å². The molecular formula is C14H15N3OS. The molecule has 98 valence electrons. The summed E-state index contributed by atoms with van der Waals surface area (Å²) in [5.41, 5.74) is 0.933. The zero-order valence-corrected chi connectivity index (χ0v) is 11.3. The summed E-state index contributed by atoms with van der Waals surface area (Å²) in [6.45, 7) is 0. The van der Waals surface area contributed by atoms with Gasteiger partial charge in [0.05, 0.1) is 10.9 Å². The number of hydrogen-bond acceptors (Lipinski definition) is 4. The van der Waals surface area contributed by atoms with Gasteiger partial charge in [-0.05, 0) is 42.3 Å². The molecule has 0 bridgehead atoms. The van der Waals surface area contributed by atoms with E-state index in [1.807, 2.05) is 18.2 Å². The molecule has 1 aromatic rings. The van der Waals surface area contributed by atoms with Crippen LogP contribution in [0.2, 0.25) is 0 Å². The molecule has 2 fully saturated rings. The first-order valence-electron chi connectivity index (χ1n) is 6.50. The van der Waals surface area contributed by atoms with E-state index in [-0.39, 0.29) is 5.91 Å². The lowest BCUT2D eigenvalue weighted by molar-refractivity contribution is -0.115. The van der Waals surface area contributed by atoms with Gasteiger partial charge >= 0.3 is 0 Å². The molecule has 1 saturated heterocycles. The first-order valence-corrected chi connectivity index (χ1v) is 7.31. The number of aromatic nitrogens is 1. The van der Waals surface area contributed by atoms with Crippen molar-refractivity contribution in [1.82, 2.24) is 10.3 Å². The molecule has 0 spiro atoms. The van der Waals surface area contributed by atoms with Crippen molar-refractivity contribution in [2.45, 2.75) is 31.7 Å². The van der Waals surface area contributed by atoms with E-state index in [9.17, 15) is 4.79 Å². The second-order valence-electron chi connectivity index (χ2n) is 4.72. The number of pyridine rings is 1. The van der Waals surface area contributed by atoms with Gasteiger partial charge in [-0.3, -0.25) is 14.8 Å². The number of nitrogens with one attached hydrogen (secondary N) is 1. The van der Waals surface area contributed by atoms with Crippen LogP contribution in [0.4, 0.5) is 0 Å². The van der Waals surface area contributed by atoms with Gasteiger partial charge in [0.1, 0.15) is 0 Å². The maximum atomic E-state index is 11.9. The number of nitrogens with zero attached hydrogens (tertiary/aromatic N) is 2. The van der Waals surface area contributed by atoms with Gasteiger partial charge in [-0.15, -0.1) is 0 Å². The van der Waals surface area contributed by atoms with E-state index in [0.29, 0.717) is 10.9 Å². The number of rotatable bonds is 2. The highest BCUT2D eigenvalue weighted by molar-refractivity contribution is 8.18. The minimum atomic E-state index is -0.0643. The van der Waals surface area contributed by atoms with E-state index in [2.05, 4.69) is 15.3 Å². The molecule has 3 rings (SSSR count). The van der Waals surface area contributed by atoms with Crippen LogP contribution in [-0.2, 0) is 4.79 Å². The Balaban J connectivity index is 1.75. The lowest BCUT2D eigenvalue weighted by atomic mass is 10.2. The molecule has 1 aliphatic carbocycles. The SMILES string of the molecule is O=C1NC(=NC2CCCC2)S/C1=C\c1cccnc1. The number of amides is 1. The summed E-state index contributed by atoms with van der Waals surface area (Å²) < 4.78 is 0. The molecule has 1 amide bonds. The highest BCUT2D eigenvalue weighted by Crippen LogP contribution is 2.28. The number of aliphatic imine (C=N–C) groups is 1. The van der Waals surface area contributed by atoms with Gasteiger partial charge in [-0.25, -0.2) is 0 Å². The van der Waals surface area contributed by atoms with Gasteiger partial charge in [-0.1, -0.05) is 18.9 Å². The van der Waals surface area contributed by atoms with Crippen LogP contribution < -0.4 is 5.32 Å². The van der Waals surface area contributed by atoms with Crippen molar-refractivity contribution in [3.05, 3.63) is 35.0 Å². The molecular weight excluding hydrogens is 258 g/mol. The Morgan fingerprint density at radius 1 is 1.42 bits per heavy atom. The first-order chi connectivity index (χ1) is 9.31. The zero-order valence-electron chi connectivity index (χ0n) is 10.5. The second-order valence-corrected chi connectivity index (χ2v) is 5.75. The van der Waals surface area contributed by atoms with Gasteiger partial charge in [0, 0.05) is 12.4 Å². The Hall–Kier alpha value is -1.62. The summed E-state index contributed by atoms with van der Waals surface area (Å²) in [7, 11) is 0. The largest absolute Gasteiger partial charge is 0.301 e. The predicted molar refractivity (Wildman–Crippen MR) is 77.6 cm³/mol. The average molecular weight is 273 g/mol. The lowest BCUT2D eigenvalue weighted by Crippen LogP contribution is -2.21. The smallest absolute Gasteiger partial charge is 0.264 e. The standard InChI is InChI=1S/C14H15N3OS/c18-13-12(8-10-4-3-7-15-9-10)19-14(17-13)16-11-5-1-2-6-11/h3-4,7-9,11H,1-2,5-6H2,(H,16,17,18)/b12-8-. The van der Waals surface area contributed by atoms with Crippen LogP contribution in [-0.4, -0.2) is 22.1 Å². The monoisotopic (exact) mass is 273 g/mol. The summed E-state index contributed by atoms with van der Waals surface area (Å²) >= 11 is 1.42. The van der Waals surface area contributed by atoms with Gasteiger partial charge in [0.25, 0.3) is 5.91 Å². The number of hydrogen-bond donors (Lipinski definition) is 1. The van der Waals surface area contributed by atoms with Crippen molar-refractivity contribution in [3.63, 3.8) is 0 Å². The molecule has 4 nitrogen and oxygen atoms in total. The Morgan fingerprint density at radius 2 is 2.26 bits per heavy atom. The Kier molecular flexibility index (Phi) is 3.64. The fourth-order valence-corrected chi connectivity index (χ4v) is 3.19. The van der Waals surface area contributed by atoms with E-state index in [4.69, 9.17) is 0 Å². The number of amidine groups is 1. The third-order valence-corrected chi connectivity index (χ3v) is 4.18. The Labute approximate surface area is 116 Å². The highest BCUT2D eigenvalue weighted by atomic mass is 32.2. The van der Waals surface area contributed by atoms with Crippen molar-refractivity contribution in [3.8, 4) is 0 Å². The summed E-state index contributed by atoms with van der Waals surface area (Å²) in [6, 6.07) is 4.18. The van der Waals surface area contributed by atoms with Crippen molar-refractivity contribution in [1.29, 1.82) is 0 Å².